The van der Waals surface area contributed by atoms with Crippen LogP contribution in [0.5, 0.6) is 0 Å². The van der Waals surface area contributed by atoms with Crippen LogP contribution in [0.25, 0.3) is 17.1 Å². The Morgan fingerprint density at radius 3 is 2.78 bits per heavy atom. The number of dihydropyridines is 1. The molecule has 1 amide bonds. The van der Waals surface area contributed by atoms with E-state index in [4.69, 9.17) is 5.21 Å². The topological polar surface area (TPSA) is 79.2 Å². The minimum atomic E-state index is -0.848. The molecule has 4 rings (SSSR count). The molecule has 0 saturated heterocycles. The van der Waals surface area contributed by atoms with Gasteiger partial charge in [-0.25, -0.2) is 19.2 Å². The first-order valence-corrected chi connectivity index (χ1v) is 10.1. The van der Waals surface area contributed by atoms with Crippen molar-refractivity contribution in [2.45, 2.75) is 24.9 Å². The average molecular weight is 436 g/mol. The maximum atomic E-state index is 15.0. The molecule has 8 heteroatoms. The Balaban J connectivity index is 1.65. The molecular weight excluding hydrogens is 414 g/mol. The molecule has 0 saturated carbocycles. The third-order valence-electron chi connectivity index (χ3n) is 5.48. The second-order valence-corrected chi connectivity index (χ2v) is 7.64. The summed E-state index contributed by atoms with van der Waals surface area (Å²) in [5.74, 6) is -2.25. The molecule has 0 bridgehead atoms. The summed E-state index contributed by atoms with van der Waals surface area (Å²) in [6.07, 6.45) is 12.6. The number of amides is 1. The summed E-state index contributed by atoms with van der Waals surface area (Å²) in [4.78, 5) is 15.3. The summed E-state index contributed by atoms with van der Waals surface area (Å²) in [5, 5.41) is 11.9. The van der Waals surface area contributed by atoms with Gasteiger partial charge >= 0.3 is 0 Å². The van der Waals surface area contributed by atoms with Crippen molar-refractivity contribution in [3.63, 3.8) is 0 Å². The van der Waals surface area contributed by atoms with Crippen LogP contribution >= 0.6 is 0 Å². The number of allylic oxidation sites excluding steroid dienone is 2. The lowest BCUT2D eigenvalue weighted by atomic mass is 9.89. The van der Waals surface area contributed by atoms with Crippen molar-refractivity contribution in [1.82, 2.24) is 20.3 Å². The van der Waals surface area contributed by atoms with E-state index in [0.717, 1.165) is 31.1 Å². The fourth-order valence-corrected chi connectivity index (χ4v) is 3.85. The van der Waals surface area contributed by atoms with Gasteiger partial charge in [0.05, 0.1) is 18.4 Å². The van der Waals surface area contributed by atoms with Crippen molar-refractivity contribution in [2.24, 2.45) is 0 Å². The molecule has 1 aliphatic rings. The monoisotopic (exact) mass is 436 g/mol. The highest BCUT2D eigenvalue weighted by Crippen LogP contribution is 2.28. The molecule has 0 aliphatic carbocycles. The van der Waals surface area contributed by atoms with Gasteiger partial charge in [-0.3, -0.25) is 10.0 Å². The number of imidazole rings is 1. The van der Waals surface area contributed by atoms with Crippen molar-refractivity contribution in [3.05, 3.63) is 96.0 Å². The smallest absolute Gasteiger partial charge is 0.267 e. The van der Waals surface area contributed by atoms with Gasteiger partial charge in [-0.1, -0.05) is 42.5 Å². The van der Waals surface area contributed by atoms with Crippen molar-refractivity contribution in [2.75, 3.05) is 0 Å². The summed E-state index contributed by atoms with van der Waals surface area (Å²) in [6.45, 7) is 0.343. The molecule has 1 aliphatic heterocycles. The Morgan fingerprint density at radius 1 is 1.25 bits per heavy atom. The lowest BCUT2D eigenvalue weighted by Crippen LogP contribution is -2.45. The Hall–Kier alpha value is -3.78. The number of hydrogen-bond donors (Lipinski definition) is 3. The average Bonchev–Trinajstić information content (AvgIpc) is 3.24. The molecule has 1 unspecified atom stereocenters. The SMILES string of the molecule is O=C(C=Cc1cc(F)c2c(ncn2CC2(CCc3ccccc3)C=CC=CN2)c1F)NO. The second-order valence-electron chi connectivity index (χ2n) is 7.64. The van der Waals surface area contributed by atoms with Gasteiger partial charge in [0.2, 0.25) is 0 Å². The van der Waals surface area contributed by atoms with Gasteiger partial charge in [0.25, 0.3) is 5.91 Å². The van der Waals surface area contributed by atoms with Crippen LogP contribution in [0.15, 0.2) is 73.2 Å². The molecule has 2 heterocycles. The Labute approximate surface area is 183 Å². The number of carbonyl (C=O) groups is 1. The van der Waals surface area contributed by atoms with E-state index in [0.29, 0.717) is 6.54 Å². The standard InChI is InChI=1S/C24H22F2N4O2/c25-19-14-18(8-9-20(31)29-32)21(26)22-23(19)30(16-27-22)15-24(11-4-5-13-28-24)12-10-17-6-2-1-3-7-17/h1-9,11,13-14,16,28,32H,10,12,15H2,(H,29,31). The molecule has 0 radical (unpaired) electrons. The minimum Gasteiger partial charge on any atom is -0.380 e. The highest BCUT2D eigenvalue weighted by atomic mass is 19.1. The van der Waals surface area contributed by atoms with E-state index in [2.05, 4.69) is 22.4 Å². The summed E-state index contributed by atoms with van der Waals surface area (Å²) in [7, 11) is 0. The Kier molecular flexibility index (Phi) is 6.13. The molecule has 6 nitrogen and oxygen atoms in total. The first-order chi connectivity index (χ1) is 15.5. The third kappa shape index (κ3) is 4.45. The molecular formula is C24H22F2N4O2. The van der Waals surface area contributed by atoms with E-state index < -0.39 is 23.1 Å². The number of aromatic nitrogens is 2. The summed E-state index contributed by atoms with van der Waals surface area (Å²) < 4.78 is 31.5. The number of nitrogens with zero attached hydrogens (tertiary/aromatic N) is 2. The van der Waals surface area contributed by atoms with Crippen LogP contribution < -0.4 is 10.8 Å². The maximum Gasteiger partial charge on any atom is 0.267 e. The minimum absolute atomic E-state index is 0.0510. The second kappa shape index (κ2) is 9.15. The fraction of sp³-hybridized carbons (Fsp3) is 0.167. The maximum absolute atomic E-state index is 15.0. The van der Waals surface area contributed by atoms with E-state index >= 15 is 0 Å². The quantitative estimate of drug-likeness (QED) is 0.298. The third-order valence-corrected chi connectivity index (χ3v) is 5.48. The van der Waals surface area contributed by atoms with Gasteiger partial charge in [0.1, 0.15) is 16.9 Å². The van der Waals surface area contributed by atoms with Gasteiger partial charge < -0.3 is 9.88 Å². The van der Waals surface area contributed by atoms with E-state index in [9.17, 15) is 13.6 Å². The number of fused-ring (bicyclic) bond motifs is 1. The summed E-state index contributed by atoms with van der Waals surface area (Å²) in [6, 6.07) is 11.1. The number of hydroxylamine groups is 1. The first kappa shape index (κ1) is 21.5. The molecule has 2 aromatic carbocycles. The van der Waals surface area contributed by atoms with E-state index in [1.54, 1.807) is 4.57 Å². The molecule has 1 atom stereocenters. The van der Waals surface area contributed by atoms with Crippen LogP contribution in [0.4, 0.5) is 8.78 Å². The van der Waals surface area contributed by atoms with Crippen LogP contribution in [0.2, 0.25) is 0 Å². The molecule has 164 valence electrons. The molecule has 32 heavy (non-hydrogen) atoms. The van der Waals surface area contributed by atoms with E-state index in [1.165, 1.54) is 17.4 Å². The molecule has 0 fully saturated rings. The normalized spacial score (nSPS) is 17.7. The van der Waals surface area contributed by atoms with Gasteiger partial charge in [-0.2, -0.15) is 0 Å². The van der Waals surface area contributed by atoms with E-state index in [1.807, 2.05) is 42.6 Å². The van der Waals surface area contributed by atoms with Crippen molar-refractivity contribution in [3.8, 4) is 0 Å². The zero-order valence-electron chi connectivity index (χ0n) is 17.1. The number of carbonyl (C=O) groups excluding carboxylic acids is 1. The van der Waals surface area contributed by atoms with Crippen LogP contribution in [0.3, 0.4) is 0 Å². The van der Waals surface area contributed by atoms with Crippen LogP contribution in [0, 0.1) is 11.6 Å². The highest BCUT2D eigenvalue weighted by Gasteiger charge is 2.29. The first-order valence-electron chi connectivity index (χ1n) is 10.1. The molecule has 3 aromatic rings. The Bertz CT molecular complexity index is 1220. The zero-order valence-corrected chi connectivity index (χ0v) is 17.1. The van der Waals surface area contributed by atoms with Crippen molar-refractivity contribution < 1.29 is 18.8 Å². The number of nitrogens with one attached hydrogen (secondary N) is 2. The predicted molar refractivity (Wildman–Crippen MR) is 118 cm³/mol. The van der Waals surface area contributed by atoms with Gasteiger partial charge in [0, 0.05) is 11.6 Å². The Morgan fingerprint density at radius 2 is 2.06 bits per heavy atom. The highest BCUT2D eigenvalue weighted by molar-refractivity contribution is 5.91. The number of benzene rings is 2. The van der Waals surface area contributed by atoms with Gasteiger partial charge in [-0.15, -0.1) is 0 Å². The summed E-state index contributed by atoms with van der Waals surface area (Å²) in [5.41, 5.74) is 1.88. The largest absolute Gasteiger partial charge is 0.380 e. The molecule has 0 spiro atoms. The fourth-order valence-electron chi connectivity index (χ4n) is 3.85. The predicted octanol–water partition coefficient (Wildman–Crippen LogP) is 3.88. The van der Waals surface area contributed by atoms with Crippen LogP contribution in [0.1, 0.15) is 17.5 Å². The lowest BCUT2D eigenvalue weighted by Gasteiger charge is -2.34. The van der Waals surface area contributed by atoms with Crippen LogP contribution in [-0.4, -0.2) is 26.2 Å². The van der Waals surface area contributed by atoms with Crippen molar-refractivity contribution >= 4 is 23.0 Å². The number of hydrogen-bond acceptors (Lipinski definition) is 4. The lowest BCUT2D eigenvalue weighted by molar-refractivity contribution is -0.124. The van der Waals surface area contributed by atoms with Crippen LogP contribution in [-0.2, 0) is 17.8 Å². The zero-order chi connectivity index (χ0) is 22.6. The number of aryl methyl sites for hydroxylation is 1. The number of halogens is 2. The summed E-state index contributed by atoms with van der Waals surface area (Å²) >= 11 is 0. The van der Waals surface area contributed by atoms with Gasteiger partial charge in [0.15, 0.2) is 5.82 Å². The van der Waals surface area contributed by atoms with E-state index in [-0.39, 0.29) is 16.6 Å². The number of rotatable bonds is 7. The van der Waals surface area contributed by atoms with Gasteiger partial charge in [-0.05, 0) is 42.8 Å². The van der Waals surface area contributed by atoms with Crippen molar-refractivity contribution in [1.29, 1.82) is 0 Å². The molecule has 3 N–H and O–H groups in total. The molecule has 1 aromatic heterocycles.